The van der Waals surface area contributed by atoms with Crippen LogP contribution in [0.25, 0.3) is 0 Å². The van der Waals surface area contributed by atoms with E-state index in [1.165, 1.54) is 12.1 Å². The summed E-state index contributed by atoms with van der Waals surface area (Å²) in [5.74, 6) is 0.151. The molecule has 19 heavy (non-hydrogen) atoms. The third-order valence-electron chi connectivity index (χ3n) is 4.19. The summed E-state index contributed by atoms with van der Waals surface area (Å²) in [5, 5.41) is 10.3. The topological polar surface area (TPSA) is 38.7 Å². The van der Waals surface area contributed by atoms with Crippen molar-refractivity contribution in [3.8, 4) is 5.75 Å². The number of aliphatic hydroxyl groups excluding tert-OH is 1. The van der Waals surface area contributed by atoms with E-state index in [1.807, 2.05) is 0 Å². The molecular weight excluding hydrogens is 247 g/mol. The molecule has 1 fully saturated rings. The molecule has 0 aliphatic carbocycles. The van der Waals surface area contributed by atoms with Gasteiger partial charge in [0.05, 0.1) is 18.8 Å². The van der Waals surface area contributed by atoms with E-state index in [4.69, 9.17) is 9.47 Å². The summed E-state index contributed by atoms with van der Waals surface area (Å²) >= 11 is 0. The maximum absolute atomic E-state index is 13.3. The third kappa shape index (κ3) is 2.35. The Morgan fingerprint density at radius 1 is 1.42 bits per heavy atom. The fourth-order valence-corrected chi connectivity index (χ4v) is 3.14. The number of hydrogen-bond donors (Lipinski definition) is 1. The van der Waals surface area contributed by atoms with Crippen molar-refractivity contribution in [2.45, 2.75) is 50.4 Å². The van der Waals surface area contributed by atoms with Crippen LogP contribution in [0.1, 0.15) is 44.3 Å². The zero-order valence-corrected chi connectivity index (χ0v) is 11.1. The minimum absolute atomic E-state index is 0.163. The summed E-state index contributed by atoms with van der Waals surface area (Å²) in [5.41, 5.74) is 0.283. The van der Waals surface area contributed by atoms with Crippen LogP contribution in [0.3, 0.4) is 0 Å². The average Bonchev–Trinajstić information content (AvgIpc) is 2.38. The second kappa shape index (κ2) is 4.76. The minimum Gasteiger partial charge on any atom is -0.486 e. The number of aliphatic hydroxyl groups is 1. The predicted octanol–water partition coefficient (Wildman–Crippen LogP) is 2.97. The van der Waals surface area contributed by atoms with Gasteiger partial charge in [0, 0.05) is 30.9 Å². The summed E-state index contributed by atoms with van der Waals surface area (Å²) in [7, 11) is 0. The molecule has 0 aromatic heterocycles. The molecule has 1 aromatic rings. The molecule has 1 N–H and O–H groups in total. The molecule has 1 spiro atoms. The fourth-order valence-electron chi connectivity index (χ4n) is 3.14. The molecule has 2 heterocycles. The molecule has 4 heteroatoms. The van der Waals surface area contributed by atoms with Gasteiger partial charge in [0.15, 0.2) is 0 Å². The van der Waals surface area contributed by atoms with E-state index in [1.54, 1.807) is 6.07 Å². The molecule has 2 aliphatic heterocycles. The Kier molecular flexibility index (Phi) is 3.23. The van der Waals surface area contributed by atoms with Crippen molar-refractivity contribution in [2.24, 2.45) is 0 Å². The predicted molar refractivity (Wildman–Crippen MR) is 68.6 cm³/mol. The van der Waals surface area contributed by atoms with E-state index in [0.29, 0.717) is 24.3 Å². The van der Waals surface area contributed by atoms with E-state index >= 15 is 0 Å². The zero-order valence-electron chi connectivity index (χ0n) is 11.1. The van der Waals surface area contributed by atoms with Gasteiger partial charge >= 0.3 is 0 Å². The number of hydrogen-bond acceptors (Lipinski definition) is 3. The zero-order chi connectivity index (χ0) is 13.5. The average molecular weight is 266 g/mol. The molecule has 0 radical (unpaired) electrons. The molecule has 0 bridgehead atoms. The quantitative estimate of drug-likeness (QED) is 0.849. The number of rotatable bonds is 1. The molecular formula is C15H19FO3. The van der Waals surface area contributed by atoms with Crippen molar-refractivity contribution in [3.05, 3.63) is 29.6 Å². The van der Waals surface area contributed by atoms with Gasteiger partial charge in [0.2, 0.25) is 0 Å². The van der Waals surface area contributed by atoms with Crippen molar-refractivity contribution >= 4 is 0 Å². The molecule has 3 rings (SSSR count). The van der Waals surface area contributed by atoms with Crippen molar-refractivity contribution < 1.29 is 19.0 Å². The Balaban J connectivity index is 1.90. The summed E-state index contributed by atoms with van der Waals surface area (Å²) in [4.78, 5) is 0. The molecule has 0 saturated carbocycles. The Morgan fingerprint density at radius 2 is 2.26 bits per heavy atom. The van der Waals surface area contributed by atoms with Crippen molar-refractivity contribution in [1.82, 2.24) is 0 Å². The summed E-state index contributed by atoms with van der Waals surface area (Å²) < 4.78 is 25.1. The maximum atomic E-state index is 13.3. The second-order valence-corrected chi connectivity index (χ2v) is 5.54. The van der Waals surface area contributed by atoms with Crippen LogP contribution in [0.2, 0.25) is 0 Å². The van der Waals surface area contributed by atoms with Gasteiger partial charge in [-0.3, -0.25) is 0 Å². The van der Waals surface area contributed by atoms with Gasteiger partial charge in [-0.1, -0.05) is 6.92 Å². The monoisotopic (exact) mass is 266 g/mol. The summed E-state index contributed by atoms with van der Waals surface area (Å²) in [6.45, 7) is 2.71. The third-order valence-corrected chi connectivity index (χ3v) is 4.19. The van der Waals surface area contributed by atoms with Gasteiger partial charge in [-0.05, 0) is 18.6 Å². The van der Waals surface area contributed by atoms with Crippen molar-refractivity contribution in [2.75, 3.05) is 6.61 Å². The second-order valence-electron chi connectivity index (χ2n) is 5.54. The van der Waals surface area contributed by atoms with Crippen LogP contribution in [-0.2, 0) is 4.74 Å². The number of halogens is 1. The molecule has 1 saturated heterocycles. The van der Waals surface area contributed by atoms with Crippen LogP contribution in [-0.4, -0.2) is 23.4 Å². The highest BCUT2D eigenvalue weighted by atomic mass is 19.1. The van der Waals surface area contributed by atoms with Crippen LogP contribution in [0.5, 0.6) is 5.75 Å². The standard InChI is InChI=1S/C15H19FO3/c1-2-11-8-15(5-6-18-11)9-13(17)12-4-3-10(16)7-14(12)19-15/h3-4,7,11,13,17H,2,5-6,8-9H2,1H3/t11?,13-,15?/m0/s1. The minimum atomic E-state index is -0.583. The lowest BCUT2D eigenvalue weighted by atomic mass is 9.80. The molecule has 2 unspecified atom stereocenters. The van der Waals surface area contributed by atoms with Gasteiger partial charge in [0.1, 0.15) is 17.2 Å². The highest BCUT2D eigenvalue weighted by Gasteiger charge is 2.44. The van der Waals surface area contributed by atoms with Crippen LogP contribution < -0.4 is 4.74 Å². The normalized spacial score (nSPS) is 33.8. The van der Waals surface area contributed by atoms with Crippen molar-refractivity contribution in [1.29, 1.82) is 0 Å². The molecule has 2 aliphatic rings. The first-order valence-electron chi connectivity index (χ1n) is 6.90. The van der Waals surface area contributed by atoms with E-state index in [0.717, 1.165) is 19.3 Å². The Bertz CT molecular complexity index is 476. The Hall–Kier alpha value is -1.13. The Morgan fingerprint density at radius 3 is 3.05 bits per heavy atom. The number of benzene rings is 1. The van der Waals surface area contributed by atoms with E-state index in [-0.39, 0.29) is 11.9 Å². The van der Waals surface area contributed by atoms with E-state index in [2.05, 4.69) is 6.92 Å². The van der Waals surface area contributed by atoms with E-state index in [9.17, 15) is 9.50 Å². The Labute approximate surface area is 112 Å². The highest BCUT2D eigenvalue weighted by molar-refractivity contribution is 5.38. The van der Waals surface area contributed by atoms with Gasteiger partial charge < -0.3 is 14.6 Å². The largest absolute Gasteiger partial charge is 0.486 e. The van der Waals surface area contributed by atoms with Crippen LogP contribution in [0.15, 0.2) is 18.2 Å². The lowest BCUT2D eigenvalue weighted by molar-refractivity contribution is -0.116. The SMILES string of the molecule is CCC1CC2(CCO1)C[C@H](O)c1ccc(F)cc1O2. The molecule has 3 nitrogen and oxygen atoms in total. The van der Waals surface area contributed by atoms with Gasteiger partial charge in [-0.15, -0.1) is 0 Å². The first kappa shape index (κ1) is 12.9. The molecule has 0 amide bonds. The molecule has 3 atom stereocenters. The first-order chi connectivity index (χ1) is 9.12. The smallest absolute Gasteiger partial charge is 0.128 e. The van der Waals surface area contributed by atoms with Crippen LogP contribution in [0, 0.1) is 5.82 Å². The first-order valence-corrected chi connectivity index (χ1v) is 6.90. The fraction of sp³-hybridized carbons (Fsp3) is 0.600. The van der Waals surface area contributed by atoms with Crippen LogP contribution >= 0.6 is 0 Å². The maximum Gasteiger partial charge on any atom is 0.128 e. The summed E-state index contributed by atoms with van der Waals surface area (Å²) in [6, 6.07) is 4.34. The highest BCUT2D eigenvalue weighted by Crippen LogP contribution is 2.45. The van der Waals surface area contributed by atoms with Gasteiger partial charge in [-0.2, -0.15) is 0 Å². The van der Waals surface area contributed by atoms with E-state index < -0.39 is 11.7 Å². The van der Waals surface area contributed by atoms with Crippen molar-refractivity contribution in [3.63, 3.8) is 0 Å². The van der Waals surface area contributed by atoms with Gasteiger partial charge in [-0.25, -0.2) is 4.39 Å². The lowest BCUT2D eigenvalue weighted by Crippen LogP contribution is -2.48. The molecule has 104 valence electrons. The van der Waals surface area contributed by atoms with Crippen LogP contribution in [0.4, 0.5) is 4.39 Å². The number of ether oxygens (including phenoxy) is 2. The summed E-state index contributed by atoms with van der Waals surface area (Å²) in [6.07, 6.45) is 2.58. The lowest BCUT2D eigenvalue weighted by Gasteiger charge is -2.45. The molecule has 1 aromatic carbocycles. The van der Waals surface area contributed by atoms with Gasteiger partial charge in [0.25, 0.3) is 0 Å². The number of fused-ring (bicyclic) bond motifs is 1.